The second kappa shape index (κ2) is 5.83. The summed E-state index contributed by atoms with van der Waals surface area (Å²) in [4.78, 5) is 9.83. The molecule has 2 nitrogen and oxygen atoms in total. The van der Waals surface area contributed by atoms with Gasteiger partial charge < -0.3 is 0 Å². The van der Waals surface area contributed by atoms with Gasteiger partial charge in [0.05, 0.1) is 0 Å². The van der Waals surface area contributed by atoms with Crippen molar-refractivity contribution in [1.29, 1.82) is 0 Å². The molecular formula is C16H10N2S2. The number of rotatable bonds is 3. The van der Waals surface area contributed by atoms with Crippen LogP contribution in [0.3, 0.4) is 0 Å². The molecule has 1 aromatic carbocycles. The van der Waals surface area contributed by atoms with Gasteiger partial charge in [0.25, 0.3) is 0 Å². The smallest absolute Gasteiger partial charge is 0.124 e. The first kappa shape index (κ1) is 12.8. The van der Waals surface area contributed by atoms with Gasteiger partial charge in [-0.05, 0) is 18.1 Å². The quantitative estimate of drug-likeness (QED) is 0.668. The van der Waals surface area contributed by atoms with Crippen LogP contribution in [0, 0.1) is 12.3 Å². The molecule has 0 unspecified atom stereocenters. The molecule has 0 atom stereocenters. The number of aromatic nitrogens is 2. The maximum atomic E-state index is 5.30. The van der Waals surface area contributed by atoms with E-state index >= 15 is 0 Å². The van der Waals surface area contributed by atoms with Crippen LogP contribution >= 0.6 is 22.7 Å². The molecule has 4 heteroatoms. The van der Waals surface area contributed by atoms with Gasteiger partial charge >= 0.3 is 0 Å². The van der Waals surface area contributed by atoms with E-state index in [9.17, 15) is 0 Å². The molecule has 2 aromatic heterocycles. The van der Waals surface area contributed by atoms with Crippen molar-refractivity contribution in [3.05, 3.63) is 57.5 Å². The van der Waals surface area contributed by atoms with Gasteiger partial charge in [-0.3, -0.25) is 0 Å². The monoisotopic (exact) mass is 294 g/mol. The fourth-order valence-electron chi connectivity index (χ4n) is 1.66. The average Bonchev–Trinajstić information content (AvgIpc) is 3.15. The minimum absolute atomic E-state index is 0.684. The third-order valence-electron chi connectivity index (χ3n) is 2.60. The van der Waals surface area contributed by atoms with Crippen molar-refractivity contribution in [2.45, 2.75) is 0 Å². The van der Waals surface area contributed by atoms with Crippen molar-refractivity contribution in [2.24, 2.45) is 0 Å². The zero-order chi connectivity index (χ0) is 13.8. The minimum atomic E-state index is 0.684. The molecule has 0 aliphatic carbocycles. The van der Waals surface area contributed by atoms with Crippen LogP contribution in [-0.2, 0) is 0 Å². The van der Waals surface area contributed by atoms with Gasteiger partial charge in [0, 0.05) is 22.0 Å². The topological polar surface area (TPSA) is 25.8 Å². The van der Waals surface area contributed by atoms with E-state index in [2.05, 4.69) is 28.0 Å². The SMILES string of the molecule is C#Cc1csc(/C=C/c2cnc(-c3ccccc3)s2)n1. The van der Waals surface area contributed by atoms with Gasteiger partial charge in [0.1, 0.15) is 15.7 Å². The highest BCUT2D eigenvalue weighted by atomic mass is 32.1. The van der Waals surface area contributed by atoms with Crippen molar-refractivity contribution in [3.8, 4) is 22.9 Å². The second-order valence-electron chi connectivity index (χ2n) is 3.98. The Balaban J connectivity index is 1.79. The first-order valence-corrected chi connectivity index (χ1v) is 7.66. The molecule has 0 N–H and O–H groups in total. The lowest BCUT2D eigenvalue weighted by Gasteiger charge is -1.92. The lowest BCUT2D eigenvalue weighted by atomic mass is 10.2. The van der Waals surface area contributed by atoms with E-state index < -0.39 is 0 Å². The number of hydrogen-bond acceptors (Lipinski definition) is 4. The van der Waals surface area contributed by atoms with Crippen LogP contribution in [0.15, 0.2) is 41.9 Å². The van der Waals surface area contributed by atoms with Crippen molar-refractivity contribution in [2.75, 3.05) is 0 Å². The molecule has 3 rings (SSSR count). The molecule has 0 aliphatic rings. The highest BCUT2D eigenvalue weighted by Crippen LogP contribution is 2.26. The fourth-order valence-corrected chi connectivity index (χ4v) is 3.14. The lowest BCUT2D eigenvalue weighted by molar-refractivity contribution is 1.35. The van der Waals surface area contributed by atoms with Crippen LogP contribution in [0.25, 0.3) is 22.7 Å². The van der Waals surface area contributed by atoms with Gasteiger partial charge in [0.2, 0.25) is 0 Å². The molecule has 0 aliphatic heterocycles. The summed E-state index contributed by atoms with van der Waals surface area (Å²) in [5.74, 6) is 2.53. The Labute approximate surface area is 125 Å². The van der Waals surface area contributed by atoms with E-state index in [1.807, 2.05) is 41.9 Å². The molecule has 0 bridgehead atoms. The van der Waals surface area contributed by atoms with E-state index in [4.69, 9.17) is 6.42 Å². The Kier molecular flexibility index (Phi) is 3.73. The minimum Gasteiger partial charge on any atom is -0.244 e. The van der Waals surface area contributed by atoms with Gasteiger partial charge in [-0.15, -0.1) is 29.1 Å². The van der Waals surface area contributed by atoms with Crippen LogP contribution in [-0.4, -0.2) is 9.97 Å². The van der Waals surface area contributed by atoms with Crippen molar-refractivity contribution in [3.63, 3.8) is 0 Å². The summed E-state index contributed by atoms with van der Waals surface area (Å²) in [7, 11) is 0. The summed E-state index contributed by atoms with van der Waals surface area (Å²) in [5, 5.41) is 3.81. The van der Waals surface area contributed by atoms with Gasteiger partial charge in [-0.25, -0.2) is 9.97 Å². The third kappa shape index (κ3) is 2.85. The highest BCUT2D eigenvalue weighted by molar-refractivity contribution is 7.16. The zero-order valence-electron chi connectivity index (χ0n) is 10.5. The van der Waals surface area contributed by atoms with E-state index in [0.29, 0.717) is 5.69 Å². The second-order valence-corrected chi connectivity index (χ2v) is 5.93. The number of thiazole rings is 2. The summed E-state index contributed by atoms with van der Waals surface area (Å²) < 4.78 is 0. The van der Waals surface area contributed by atoms with Crippen molar-refractivity contribution < 1.29 is 0 Å². The maximum Gasteiger partial charge on any atom is 0.124 e. The normalized spacial score (nSPS) is 10.8. The molecular weight excluding hydrogens is 284 g/mol. The molecule has 0 radical (unpaired) electrons. The standard InChI is InChI=1S/C16H10N2S2/c1-2-13-11-19-15(18-13)9-8-14-10-17-16(20-14)12-6-4-3-5-7-12/h1,3-11H/b9-8+. The Morgan fingerprint density at radius 1 is 1.15 bits per heavy atom. The summed E-state index contributed by atoms with van der Waals surface area (Å²) in [5.41, 5.74) is 1.82. The van der Waals surface area contributed by atoms with E-state index in [-0.39, 0.29) is 0 Å². The first-order valence-electron chi connectivity index (χ1n) is 5.96. The molecule has 0 saturated carbocycles. The Morgan fingerprint density at radius 2 is 2.00 bits per heavy atom. The van der Waals surface area contributed by atoms with Crippen LogP contribution in [0.2, 0.25) is 0 Å². The predicted octanol–water partition coefficient (Wildman–Crippen LogP) is 4.42. The number of nitrogens with zero attached hydrogens (tertiary/aromatic N) is 2. The van der Waals surface area contributed by atoms with Gasteiger partial charge in [-0.2, -0.15) is 0 Å². The molecule has 96 valence electrons. The fraction of sp³-hybridized carbons (Fsp3) is 0. The van der Waals surface area contributed by atoms with Gasteiger partial charge in [-0.1, -0.05) is 30.3 Å². The Hall–Kier alpha value is -2.22. The van der Waals surface area contributed by atoms with Crippen molar-refractivity contribution >= 4 is 34.8 Å². The van der Waals surface area contributed by atoms with Crippen LogP contribution < -0.4 is 0 Å². The first-order chi connectivity index (χ1) is 9.85. The average molecular weight is 294 g/mol. The van der Waals surface area contributed by atoms with E-state index in [0.717, 1.165) is 20.5 Å². The molecule has 3 aromatic rings. The Bertz CT molecular complexity index is 776. The largest absolute Gasteiger partial charge is 0.244 e. The molecule has 0 fully saturated rings. The summed E-state index contributed by atoms with van der Waals surface area (Å²) in [6, 6.07) is 10.2. The molecule has 0 saturated heterocycles. The van der Waals surface area contributed by atoms with Crippen LogP contribution in [0.1, 0.15) is 15.6 Å². The van der Waals surface area contributed by atoms with Crippen LogP contribution in [0.4, 0.5) is 0 Å². The molecule has 0 spiro atoms. The summed E-state index contributed by atoms with van der Waals surface area (Å²) in [6.07, 6.45) is 11.2. The lowest BCUT2D eigenvalue weighted by Crippen LogP contribution is -1.71. The zero-order valence-corrected chi connectivity index (χ0v) is 12.1. The predicted molar refractivity (Wildman–Crippen MR) is 86.5 cm³/mol. The van der Waals surface area contributed by atoms with E-state index in [1.54, 1.807) is 22.7 Å². The molecule has 2 heterocycles. The number of hydrogen-bond donors (Lipinski definition) is 0. The molecule has 20 heavy (non-hydrogen) atoms. The highest BCUT2D eigenvalue weighted by Gasteiger charge is 2.02. The number of terminal acetylenes is 1. The Morgan fingerprint density at radius 3 is 2.75 bits per heavy atom. The number of benzene rings is 1. The van der Waals surface area contributed by atoms with E-state index in [1.165, 1.54) is 0 Å². The maximum absolute atomic E-state index is 5.30. The summed E-state index contributed by atoms with van der Waals surface area (Å²) in [6.45, 7) is 0. The summed E-state index contributed by atoms with van der Waals surface area (Å²) >= 11 is 3.20. The third-order valence-corrected chi connectivity index (χ3v) is 4.43. The van der Waals surface area contributed by atoms with Gasteiger partial charge in [0.15, 0.2) is 0 Å². The van der Waals surface area contributed by atoms with Crippen molar-refractivity contribution in [1.82, 2.24) is 9.97 Å². The van der Waals surface area contributed by atoms with Crippen LogP contribution in [0.5, 0.6) is 0 Å². The molecule has 0 amide bonds.